The highest BCUT2D eigenvalue weighted by molar-refractivity contribution is 5.83. The fraction of sp³-hybridized carbons (Fsp3) is 0.560. The van der Waals surface area contributed by atoms with Crippen LogP contribution in [0, 0.1) is 0 Å². The van der Waals surface area contributed by atoms with E-state index in [1.165, 1.54) is 52.7 Å². The predicted octanol–water partition coefficient (Wildman–Crippen LogP) is 7.88. The van der Waals surface area contributed by atoms with Crippen LogP contribution >= 0.6 is 0 Å². The zero-order chi connectivity index (χ0) is 48.8. The average Bonchev–Trinajstić information content (AvgIpc) is 4.24. The van der Waals surface area contributed by atoms with Gasteiger partial charge in [0.05, 0.1) is 56.6 Å². The van der Waals surface area contributed by atoms with E-state index < -0.39 is 6.09 Å². The van der Waals surface area contributed by atoms with E-state index in [9.17, 15) is 14.4 Å². The van der Waals surface area contributed by atoms with Gasteiger partial charge in [-0.2, -0.15) is 0 Å². The number of H-pyrrole nitrogens is 2. The number of alkyl carbamates (subject to hydrolysis) is 1. The molecule has 2 unspecified atom stereocenters. The van der Waals surface area contributed by atoms with E-state index in [1.54, 1.807) is 32.4 Å². The number of aromatic amines is 2. The van der Waals surface area contributed by atoms with Gasteiger partial charge < -0.3 is 54.1 Å². The number of nitrogens with one attached hydrogen (secondary N) is 4. The Balaban J connectivity index is 0.000000469. The van der Waals surface area contributed by atoms with E-state index in [4.69, 9.17) is 14.3 Å². The Bertz CT molecular complexity index is 1950. The largest absolute Gasteiger partial charge is 0.471 e. The second-order valence-electron chi connectivity index (χ2n) is 16.0. The van der Waals surface area contributed by atoms with Crippen LogP contribution in [0.3, 0.4) is 0 Å². The van der Waals surface area contributed by atoms with Gasteiger partial charge in [0.25, 0.3) is 6.47 Å². The van der Waals surface area contributed by atoms with Gasteiger partial charge in [0, 0.05) is 53.2 Å². The highest BCUT2D eigenvalue weighted by atomic mass is 16.5. The van der Waals surface area contributed by atoms with E-state index >= 15 is 0 Å². The summed E-state index contributed by atoms with van der Waals surface area (Å²) in [7, 11) is 7.62. The molecule has 0 aliphatic carbocycles. The van der Waals surface area contributed by atoms with Gasteiger partial charge in [0.15, 0.2) is 0 Å². The molecule has 67 heavy (non-hydrogen) atoms. The molecule has 17 heteroatoms. The molecule has 8 rings (SSSR count). The number of likely N-dealkylation sites (tertiary alicyclic amines) is 2. The summed E-state index contributed by atoms with van der Waals surface area (Å²) >= 11 is 0. The molecule has 17 nitrogen and oxygen atoms in total. The second-order valence-corrected chi connectivity index (χ2v) is 16.0. The summed E-state index contributed by atoms with van der Waals surface area (Å²) in [4.78, 5) is 65.7. The molecule has 2 aromatic carbocycles. The first-order valence-electron chi connectivity index (χ1n) is 23.6. The molecular weight excluding hydrogens is 857 g/mol. The quantitative estimate of drug-likeness (QED) is 0.112. The molecule has 0 bridgehead atoms. The normalized spacial score (nSPS) is 18.3. The molecule has 4 aliphatic heterocycles. The van der Waals surface area contributed by atoms with Crippen molar-refractivity contribution in [2.75, 3.05) is 81.5 Å². The molecule has 2 aromatic heterocycles. The fourth-order valence-electron chi connectivity index (χ4n) is 7.95. The minimum absolute atomic E-state index is 0.0168. The monoisotopic (exact) mass is 933 g/mol. The first-order chi connectivity index (χ1) is 32.7. The molecule has 4 saturated heterocycles. The number of hydrogen-bond acceptors (Lipinski definition) is 12. The lowest BCUT2D eigenvalue weighted by molar-refractivity contribution is -0.133. The number of carbonyl (C=O) groups excluding carboxylic acids is 4. The standard InChI is InChI=1S/C34H40N8O4.2C5H10O.C2H4O2.C2H6O.C2H6/c1-21-6-15-29(42(21)31(44)20-38-34(45)46-3)33-37-18-27(40-33)25-13-9-23(10-14-25)22-7-11-24(12-8-22)26-17-36-32(39-26)28-5-4-16-41(28)30(43)19-35-2;2*1-2-4-6-5-3-1;1-4-2-3;1-3-2;1-2/h7-14,17-18,21,28-29,35H,4-6,15-16,19-20H2,1-3H3,(H,36,39)(H,37,40)(H,38,45);2*1-5H2;2H,1H3;1-2H3;1-2H3/t21-,28?,29?;;;;;/m0...../s1. The van der Waals surface area contributed by atoms with E-state index in [0.29, 0.717) is 13.0 Å². The Morgan fingerprint density at radius 2 is 1.15 bits per heavy atom. The maximum atomic E-state index is 12.9. The zero-order valence-electron chi connectivity index (χ0n) is 41.1. The first-order valence-corrected chi connectivity index (χ1v) is 23.6. The first kappa shape index (κ1) is 55.7. The molecule has 370 valence electrons. The molecule has 4 aliphatic rings. The van der Waals surface area contributed by atoms with E-state index in [2.05, 4.69) is 93.3 Å². The summed E-state index contributed by atoms with van der Waals surface area (Å²) in [5.41, 5.74) is 6.01. The van der Waals surface area contributed by atoms with Gasteiger partial charge in [-0.15, -0.1) is 0 Å². The lowest BCUT2D eigenvalue weighted by Crippen LogP contribution is -2.43. The molecular formula is C50H76N8O9. The van der Waals surface area contributed by atoms with Crippen molar-refractivity contribution < 1.29 is 42.9 Å². The fourth-order valence-corrected chi connectivity index (χ4v) is 7.95. The molecule has 0 saturated carbocycles. The van der Waals surface area contributed by atoms with Crippen molar-refractivity contribution in [1.29, 1.82) is 0 Å². The Morgan fingerprint density at radius 3 is 1.55 bits per heavy atom. The van der Waals surface area contributed by atoms with E-state index in [1.807, 2.05) is 31.9 Å². The lowest BCUT2D eigenvalue weighted by atomic mass is 10.0. The molecule has 4 fully saturated rings. The molecule has 3 atom stereocenters. The third-order valence-electron chi connectivity index (χ3n) is 11.2. The Morgan fingerprint density at radius 1 is 0.687 bits per heavy atom. The number of likely N-dealkylation sites (N-methyl/N-ethyl adjacent to an activating group) is 1. The zero-order valence-corrected chi connectivity index (χ0v) is 41.1. The molecule has 3 amide bonds. The van der Waals surface area contributed by atoms with Gasteiger partial charge in [0.2, 0.25) is 11.8 Å². The Kier molecular flexibility index (Phi) is 26.7. The van der Waals surface area contributed by atoms with Crippen LogP contribution in [0.4, 0.5) is 4.79 Å². The number of hydrogen-bond donors (Lipinski definition) is 4. The topological polar surface area (TPSA) is 202 Å². The number of benzene rings is 2. The second kappa shape index (κ2) is 32.1. The van der Waals surface area contributed by atoms with Crippen molar-refractivity contribution in [3.8, 4) is 33.6 Å². The van der Waals surface area contributed by atoms with Crippen molar-refractivity contribution >= 4 is 24.4 Å². The van der Waals surface area contributed by atoms with Gasteiger partial charge in [-0.3, -0.25) is 14.4 Å². The minimum Gasteiger partial charge on any atom is -0.471 e. The third-order valence-corrected chi connectivity index (χ3v) is 11.2. The predicted molar refractivity (Wildman–Crippen MR) is 260 cm³/mol. The van der Waals surface area contributed by atoms with Crippen LogP contribution in [0.25, 0.3) is 33.6 Å². The Hall–Kier alpha value is -5.62. The Labute approximate surface area is 397 Å². The van der Waals surface area contributed by atoms with Crippen molar-refractivity contribution in [3.05, 3.63) is 72.6 Å². The van der Waals surface area contributed by atoms with Gasteiger partial charge in [-0.05, 0) is 100 Å². The summed E-state index contributed by atoms with van der Waals surface area (Å²) in [5.74, 6) is 1.49. The summed E-state index contributed by atoms with van der Waals surface area (Å²) in [6, 6.07) is 16.5. The third kappa shape index (κ3) is 18.2. The van der Waals surface area contributed by atoms with Crippen LogP contribution < -0.4 is 10.6 Å². The molecule has 0 spiro atoms. The number of carbonyl (C=O) groups is 4. The van der Waals surface area contributed by atoms with Gasteiger partial charge in [-0.1, -0.05) is 62.4 Å². The van der Waals surface area contributed by atoms with Crippen LogP contribution in [0.2, 0.25) is 0 Å². The maximum absolute atomic E-state index is 12.9. The van der Waals surface area contributed by atoms with E-state index in [-0.39, 0.29) is 36.5 Å². The number of ether oxygens (including phenoxy) is 5. The van der Waals surface area contributed by atoms with Crippen LogP contribution in [0.15, 0.2) is 60.9 Å². The van der Waals surface area contributed by atoms with Crippen molar-refractivity contribution in [3.63, 3.8) is 0 Å². The van der Waals surface area contributed by atoms with Gasteiger partial charge in [0.1, 0.15) is 18.2 Å². The van der Waals surface area contributed by atoms with E-state index in [0.717, 1.165) is 104 Å². The number of nitrogens with zero attached hydrogens (tertiary/aromatic N) is 4. The molecule has 6 heterocycles. The smallest absolute Gasteiger partial charge is 0.407 e. The van der Waals surface area contributed by atoms with Crippen molar-refractivity contribution in [2.45, 2.75) is 103 Å². The van der Waals surface area contributed by atoms with Gasteiger partial charge >= 0.3 is 6.09 Å². The lowest BCUT2D eigenvalue weighted by Gasteiger charge is -2.27. The number of aromatic nitrogens is 4. The minimum atomic E-state index is -0.630. The molecule has 4 aromatic rings. The van der Waals surface area contributed by atoms with Crippen molar-refractivity contribution in [1.82, 2.24) is 40.4 Å². The average molecular weight is 933 g/mol. The summed E-state index contributed by atoms with van der Waals surface area (Å²) in [6.07, 6.45) is 14.4. The highest BCUT2D eigenvalue weighted by Crippen LogP contribution is 2.36. The molecule has 4 N–H and O–H groups in total. The molecule has 0 radical (unpaired) electrons. The maximum Gasteiger partial charge on any atom is 0.407 e. The van der Waals surface area contributed by atoms with Gasteiger partial charge in [-0.25, -0.2) is 14.8 Å². The number of amides is 3. The number of rotatable bonds is 10. The number of methoxy groups -OCH3 is 3. The van der Waals surface area contributed by atoms with Crippen LogP contribution in [0.5, 0.6) is 0 Å². The van der Waals surface area contributed by atoms with Crippen LogP contribution in [-0.4, -0.2) is 142 Å². The summed E-state index contributed by atoms with van der Waals surface area (Å²) in [6.45, 7) is 11.4. The highest BCUT2D eigenvalue weighted by Gasteiger charge is 2.37. The van der Waals surface area contributed by atoms with Crippen molar-refractivity contribution in [2.24, 2.45) is 0 Å². The number of imidazole rings is 2. The van der Waals surface area contributed by atoms with Crippen LogP contribution in [-0.2, 0) is 38.1 Å². The summed E-state index contributed by atoms with van der Waals surface area (Å²) in [5, 5.41) is 5.43. The van der Waals surface area contributed by atoms with Crippen LogP contribution in [0.1, 0.15) is 109 Å². The summed E-state index contributed by atoms with van der Waals surface area (Å²) < 4.78 is 22.8. The SMILES string of the molecule is C1CCOCC1.C1CCOCC1.CC.CNCC(=O)N1CCCC1c1ncc(-c2ccc(-c3ccc(-c4cnc(C5CC[C@H](C)N5C(=O)CNC(=O)OC)[nH]4)cc3)cc2)[nH]1.COC.COC=O.